The van der Waals surface area contributed by atoms with Crippen LogP contribution in [0.1, 0.15) is 0 Å². The van der Waals surface area contributed by atoms with Gasteiger partial charge in [0.15, 0.2) is 11.6 Å². The highest BCUT2D eigenvalue weighted by atomic mass is 32.2. The van der Waals surface area contributed by atoms with Gasteiger partial charge in [-0.05, 0) is 27.6 Å². The highest BCUT2D eigenvalue weighted by Gasteiger charge is 2.49. The SMILES string of the molecule is O=S(=O)(Oc1cnc2cnc(-c3ccc4c(ccc5ccccc54)c3)ncc1-2)C(F)(F)F. The maximum atomic E-state index is 12.6. The third-order valence-corrected chi connectivity index (χ3v) is 5.94. The molecule has 0 aromatic heterocycles. The molecule has 0 amide bonds. The van der Waals surface area contributed by atoms with Crippen molar-refractivity contribution in [1.82, 2.24) is 15.0 Å². The van der Waals surface area contributed by atoms with Crippen molar-refractivity contribution in [2.24, 2.45) is 0 Å². The molecule has 0 saturated carbocycles. The summed E-state index contributed by atoms with van der Waals surface area (Å²) < 4.78 is 64.8. The Balaban J connectivity index is 1.57. The molecular formula is C22H12F3N3O3S. The first-order valence-corrected chi connectivity index (χ1v) is 10.7. The molecule has 3 aromatic carbocycles. The van der Waals surface area contributed by atoms with Gasteiger partial charge in [-0.1, -0.05) is 48.5 Å². The van der Waals surface area contributed by atoms with Crippen LogP contribution in [-0.4, -0.2) is 28.9 Å². The van der Waals surface area contributed by atoms with Gasteiger partial charge in [0.2, 0.25) is 0 Å². The minimum atomic E-state index is -5.83. The fourth-order valence-corrected chi connectivity index (χ4v) is 3.90. The van der Waals surface area contributed by atoms with Gasteiger partial charge in [-0.25, -0.2) is 9.97 Å². The van der Waals surface area contributed by atoms with Crippen molar-refractivity contribution in [2.45, 2.75) is 5.51 Å². The van der Waals surface area contributed by atoms with Crippen molar-refractivity contribution in [3.8, 4) is 28.4 Å². The zero-order valence-corrected chi connectivity index (χ0v) is 16.9. The molecule has 0 unspecified atom stereocenters. The van der Waals surface area contributed by atoms with Crippen LogP contribution in [-0.2, 0) is 10.1 Å². The smallest absolute Gasteiger partial charge is 0.374 e. The molecule has 2 aliphatic rings. The molecule has 0 saturated heterocycles. The molecule has 0 fully saturated rings. The Morgan fingerprint density at radius 2 is 1.50 bits per heavy atom. The average molecular weight is 455 g/mol. The topological polar surface area (TPSA) is 82.0 Å². The van der Waals surface area contributed by atoms with Gasteiger partial charge >= 0.3 is 15.6 Å². The minimum absolute atomic E-state index is 0.0108. The molecule has 0 aliphatic carbocycles. The quantitative estimate of drug-likeness (QED) is 0.212. The van der Waals surface area contributed by atoms with Crippen LogP contribution >= 0.6 is 0 Å². The van der Waals surface area contributed by atoms with Gasteiger partial charge in [-0.3, -0.25) is 4.98 Å². The molecule has 0 radical (unpaired) electrons. The summed E-state index contributed by atoms with van der Waals surface area (Å²) in [5.74, 6) is -0.276. The fourth-order valence-electron chi connectivity index (χ4n) is 3.44. The summed E-state index contributed by atoms with van der Waals surface area (Å²) in [5, 5.41) is 4.24. The molecule has 2 heterocycles. The van der Waals surface area contributed by atoms with Crippen LogP contribution < -0.4 is 4.18 Å². The first kappa shape index (κ1) is 20.1. The third kappa shape index (κ3) is 3.38. The number of benzene rings is 3. The zero-order valence-electron chi connectivity index (χ0n) is 16.0. The molecule has 0 N–H and O–H groups in total. The number of halogens is 3. The lowest BCUT2D eigenvalue weighted by Crippen LogP contribution is -2.28. The Hall–Kier alpha value is -3.79. The third-order valence-electron chi connectivity index (χ3n) is 4.97. The van der Waals surface area contributed by atoms with Gasteiger partial charge in [-0.15, -0.1) is 0 Å². The largest absolute Gasteiger partial charge is 0.534 e. The first-order valence-electron chi connectivity index (χ1n) is 9.26. The van der Waals surface area contributed by atoms with Crippen LogP contribution in [0.25, 0.3) is 44.2 Å². The van der Waals surface area contributed by atoms with E-state index in [2.05, 4.69) is 19.1 Å². The molecule has 0 bridgehead atoms. The van der Waals surface area contributed by atoms with Crippen LogP contribution in [0.15, 0.2) is 73.2 Å². The first-order chi connectivity index (χ1) is 15.2. The molecule has 2 aliphatic heterocycles. The standard InChI is InChI=1S/C22H12F3N3O3S/c23-22(24,25)32(29,30)31-20-12-26-19-11-28-21(27-10-18(19)20)15-7-8-17-14(9-15)6-5-13-3-1-2-4-16(13)17/h1-12H. The molecule has 32 heavy (non-hydrogen) atoms. The second kappa shape index (κ2) is 7.13. The molecular weight excluding hydrogens is 443 g/mol. The Kier molecular flexibility index (Phi) is 4.48. The van der Waals surface area contributed by atoms with Crippen molar-refractivity contribution in [1.29, 1.82) is 0 Å². The summed E-state index contributed by atoms with van der Waals surface area (Å²) in [6, 6.07) is 17.7. The second-order valence-electron chi connectivity index (χ2n) is 6.97. The Morgan fingerprint density at radius 3 is 2.31 bits per heavy atom. The van der Waals surface area contributed by atoms with Crippen molar-refractivity contribution in [2.75, 3.05) is 0 Å². The summed E-state index contributed by atoms with van der Waals surface area (Å²) in [5.41, 5.74) is -4.75. The summed E-state index contributed by atoms with van der Waals surface area (Å²) in [4.78, 5) is 12.4. The lowest BCUT2D eigenvalue weighted by atomic mass is 10.00. The summed E-state index contributed by atoms with van der Waals surface area (Å²) in [6.07, 6.45) is 3.38. The van der Waals surface area contributed by atoms with Crippen molar-refractivity contribution in [3.63, 3.8) is 0 Å². The van der Waals surface area contributed by atoms with E-state index in [-0.39, 0.29) is 11.3 Å². The molecule has 160 valence electrons. The highest BCUT2D eigenvalue weighted by molar-refractivity contribution is 7.88. The number of nitrogens with zero attached hydrogens (tertiary/aromatic N) is 3. The average Bonchev–Trinajstić information content (AvgIpc) is 3.00. The summed E-state index contributed by atoms with van der Waals surface area (Å²) in [7, 11) is -5.83. The van der Waals surface area contributed by atoms with Crippen LogP contribution in [0, 0.1) is 0 Å². The van der Waals surface area contributed by atoms with E-state index in [0.29, 0.717) is 11.4 Å². The monoisotopic (exact) mass is 455 g/mol. The molecule has 6 nitrogen and oxygen atoms in total. The molecule has 0 atom stereocenters. The number of rotatable bonds is 3. The number of hydrogen-bond acceptors (Lipinski definition) is 6. The summed E-state index contributed by atoms with van der Waals surface area (Å²) in [6.45, 7) is 0. The highest BCUT2D eigenvalue weighted by Crippen LogP contribution is 2.35. The summed E-state index contributed by atoms with van der Waals surface area (Å²) >= 11 is 0. The minimum Gasteiger partial charge on any atom is -0.374 e. The van der Waals surface area contributed by atoms with Crippen molar-refractivity contribution in [3.05, 3.63) is 73.2 Å². The van der Waals surface area contributed by atoms with E-state index in [1.165, 1.54) is 12.4 Å². The predicted octanol–water partition coefficient (Wildman–Crippen LogP) is 5.18. The van der Waals surface area contributed by atoms with Gasteiger partial charge in [0, 0.05) is 11.8 Å². The van der Waals surface area contributed by atoms with E-state index in [9.17, 15) is 21.6 Å². The molecule has 5 rings (SSSR count). The van der Waals surface area contributed by atoms with E-state index < -0.39 is 21.4 Å². The van der Waals surface area contributed by atoms with Crippen LogP contribution in [0.4, 0.5) is 13.2 Å². The molecule has 3 aromatic rings. The predicted molar refractivity (Wildman–Crippen MR) is 112 cm³/mol. The lowest BCUT2D eigenvalue weighted by Gasteiger charge is -2.08. The fraction of sp³-hybridized carbons (Fsp3) is 0.0455. The Labute approximate surface area is 179 Å². The van der Waals surface area contributed by atoms with Crippen molar-refractivity contribution >= 4 is 31.7 Å². The van der Waals surface area contributed by atoms with Crippen LogP contribution in [0.2, 0.25) is 0 Å². The van der Waals surface area contributed by atoms with E-state index in [1.54, 1.807) is 0 Å². The number of fused-ring (bicyclic) bond motifs is 4. The van der Waals surface area contributed by atoms with Crippen LogP contribution in [0.5, 0.6) is 5.75 Å². The molecule has 10 heteroatoms. The van der Waals surface area contributed by atoms with E-state index in [0.717, 1.165) is 27.7 Å². The van der Waals surface area contributed by atoms with Crippen molar-refractivity contribution < 1.29 is 25.8 Å². The maximum absolute atomic E-state index is 12.6. The van der Waals surface area contributed by atoms with Gasteiger partial charge in [-0.2, -0.15) is 21.6 Å². The normalized spacial score (nSPS) is 12.5. The van der Waals surface area contributed by atoms with Gasteiger partial charge in [0.1, 0.15) is 0 Å². The number of alkyl halides is 3. The van der Waals surface area contributed by atoms with E-state index >= 15 is 0 Å². The Bertz CT molecular complexity index is 1570. The van der Waals surface area contributed by atoms with Gasteiger partial charge in [0.25, 0.3) is 0 Å². The second-order valence-corrected chi connectivity index (χ2v) is 8.51. The van der Waals surface area contributed by atoms with Gasteiger partial charge in [0.05, 0.1) is 23.7 Å². The number of hydrogen-bond donors (Lipinski definition) is 0. The maximum Gasteiger partial charge on any atom is 0.534 e. The van der Waals surface area contributed by atoms with Gasteiger partial charge < -0.3 is 4.18 Å². The van der Waals surface area contributed by atoms with E-state index in [1.807, 2.05) is 54.6 Å². The lowest BCUT2D eigenvalue weighted by molar-refractivity contribution is -0.0499. The van der Waals surface area contributed by atoms with E-state index in [4.69, 9.17) is 0 Å². The zero-order chi connectivity index (χ0) is 22.5. The van der Waals surface area contributed by atoms with Crippen LogP contribution in [0.3, 0.4) is 0 Å². The molecule has 0 spiro atoms. The Morgan fingerprint density at radius 1 is 0.781 bits per heavy atom. The number of aromatic nitrogens is 3.